The summed E-state index contributed by atoms with van der Waals surface area (Å²) in [5.74, 6) is -1.54. The lowest BCUT2D eigenvalue weighted by Crippen LogP contribution is -2.68. The van der Waals surface area contributed by atoms with Crippen LogP contribution in [0.1, 0.15) is 161 Å². The standard InChI is InChI=1S/C47H69N3O7S/c1-24(2)34-30(51)23-47(50-40(56)43(9,10)49-37(52)36-25(3)48-26(4)58-36)21-20-45(12)27(35(34)47)14-15-32-44(11)18-17-33(42(7,8)31(44)16-19-46(32,45)13)57-39(55)29-22-28(38(53)54)41(29,5)6/h24,27-29,31-33H,14-23H2,1-13H3,(H,49,52)(H,50,56)(H,53,54)/t27-,28+,29?,31+,32-,33+,44+,45-,46-,47-/m1/s1. The van der Waals surface area contributed by atoms with Crippen LogP contribution in [0.25, 0.3) is 0 Å². The molecule has 5 saturated carbocycles. The van der Waals surface area contributed by atoms with Crippen molar-refractivity contribution >= 4 is 40.9 Å². The molecule has 11 heteroatoms. The molecule has 58 heavy (non-hydrogen) atoms. The van der Waals surface area contributed by atoms with E-state index < -0.39 is 34.3 Å². The number of aryl methyl sites for hydroxylation is 2. The van der Waals surface area contributed by atoms with Gasteiger partial charge in [-0.15, -0.1) is 11.3 Å². The molecule has 6 aliphatic rings. The van der Waals surface area contributed by atoms with Crippen LogP contribution in [0.4, 0.5) is 0 Å². The predicted octanol–water partition coefficient (Wildman–Crippen LogP) is 8.78. The summed E-state index contributed by atoms with van der Waals surface area (Å²) in [4.78, 5) is 72.3. The number of amides is 2. The number of thiazole rings is 1. The number of esters is 1. The molecular weight excluding hydrogens is 751 g/mol. The summed E-state index contributed by atoms with van der Waals surface area (Å²) in [5, 5.41) is 16.9. The minimum absolute atomic E-state index is 0.0164. The molecular formula is C47H69N3O7S. The second kappa shape index (κ2) is 13.7. The van der Waals surface area contributed by atoms with Crippen molar-refractivity contribution < 1.29 is 33.8 Å². The molecule has 1 heterocycles. The molecule has 7 rings (SSSR count). The van der Waals surface area contributed by atoms with Crippen molar-refractivity contribution in [3.63, 3.8) is 0 Å². The normalized spacial score (nSPS) is 38.8. The van der Waals surface area contributed by atoms with Crippen LogP contribution in [0.5, 0.6) is 0 Å². The maximum Gasteiger partial charge on any atom is 0.309 e. The molecule has 0 radical (unpaired) electrons. The van der Waals surface area contributed by atoms with Crippen molar-refractivity contribution in [2.24, 2.45) is 62.6 Å². The minimum atomic E-state index is -1.22. The third kappa shape index (κ3) is 6.10. The van der Waals surface area contributed by atoms with Crippen LogP contribution < -0.4 is 10.6 Å². The van der Waals surface area contributed by atoms with Gasteiger partial charge in [-0.3, -0.25) is 24.0 Å². The summed E-state index contributed by atoms with van der Waals surface area (Å²) < 4.78 is 6.41. The topological polar surface area (TPSA) is 152 Å². The Balaban J connectivity index is 1.14. The Morgan fingerprint density at radius 3 is 2.12 bits per heavy atom. The van der Waals surface area contributed by atoms with Gasteiger partial charge in [0.15, 0.2) is 5.78 Å². The van der Waals surface area contributed by atoms with E-state index in [1.165, 1.54) is 11.3 Å². The first-order valence-electron chi connectivity index (χ1n) is 22.0. The number of carbonyl (C=O) groups excluding carboxylic acids is 4. The summed E-state index contributed by atoms with van der Waals surface area (Å²) in [6.45, 7) is 27.2. The van der Waals surface area contributed by atoms with Gasteiger partial charge in [-0.2, -0.15) is 0 Å². The minimum Gasteiger partial charge on any atom is -0.481 e. The van der Waals surface area contributed by atoms with E-state index in [1.54, 1.807) is 20.8 Å². The van der Waals surface area contributed by atoms with Gasteiger partial charge in [0.25, 0.3) is 5.91 Å². The highest BCUT2D eigenvalue weighted by atomic mass is 32.1. The number of Topliss-reactive ketones (excluding diaryl/α,β-unsaturated/α-hetero) is 1. The molecule has 0 aliphatic heterocycles. The summed E-state index contributed by atoms with van der Waals surface area (Å²) in [6, 6.07) is 0. The van der Waals surface area contributed by atoms with Gasteiger partial charge in [-0.25, -0.2) is 4.98 Å². The lowest BCUT2D eigenvalue weighted by atomic mass is 9.33. The largest absolute Gasteiger partial charge is 0.481 e. The SMILES string of the molecule is Cc1nc(C)c(C(=O)NC(C)(C)C(=O)N[C@@]23CC[C@]4(C)[C@H](CC[C@@H]5[C@@]6(C)CC[C@H](OC(=O)C7C[C@@H](C(=O)O)C7(C)C)C(C)(C)[C@@H]6CC[C@]54C)C2=C(C(C)C)C(=O)C3)s1. The number of hydrogen-bond acceptors (Lipinski definition) is 8. The smallest absolute Gasteiger partial charge is 0.309 e. The number of carboxylic acid groups (broad SMARTS) is 1. The number of aliphatic carboxylic acids is 1. The molecule has 2 amide bonds. The Kier molecular flexibility index (Phi) is 10.2. The van der Waals surface area contributed by atoms with Crippen LogP contribution in [-0.2, 0) is 23.9 Å². The average Bonchev–Trinajstić information content (AvgIpc) is 3.59. The van der Waals surface area contributed by atoms with Crippen LogP contribution >= 0.6 is 11.3 Å². The first-order valence-corrected chi connectivity index (χ1v) is 22.8. The third-order valence-corrected chi connectivity index (χ3v) is 19.0. The van der Waals surface area contributed by atoms with Crippen LogP contribution in [-0.4, -0.2) is 56.8 Å². The Hall–Kier alpha value is -3.08. The number of ketones is 1. The van der Waals surface area contributed by atoms with Gasteiger partial charge in [-0.1, -0.05) is 62.3 Å². The van der Waals surface area contributed by atoms with Crippen molar-refractivity contribution in [1.29, 1.82) is 0 Å². The molecule has 0 bridgehead atoms. The molecule has 1 aromatic heterocycles. The zero-order valence-corrected chi connectivity index (χ0v) is 38.2. The van der Waals surface area contributed by atoms with E-state index in [-0.39, 0.29) is 69.6 Å². The molecule has 1 unspecified atom stereocenters. The molecule has 320 valence electrons. The van der Waals surface area contributed by atoms with Crippen LogP contribution in [0.3, 0.4) is 0 Å². The summed E-state index contributed by atoms with van der Waals surface area (Å²) in [7, 11) is 0. The number of nitrogens with zero attached hydrogens (tertiary/aromatic N) is 1. The quantitative estimate of drug-likeness (QED) is 0.220. The van der Waals surface area contributed by atoms with E-state index in [0.29, 0.717) is 35.2 Å². The van der Waals surface area contributed by atoms with Gasteiger partial charge in [0, 0.05) is 11.8 Å². The molecule has 0 spiro atoms. The van der Waals surface area contributed by atoms with Crippen molar-refractivity contribution in [2.75, 3.05) is 0 Å². The summed E-state index contributed by atoms with van der Waals surface area (Å²) in [6.07, 6.45) is 7.71. The maximum atomic E-state index is 14.4. The molecule has 0 aromatic carbocycles. The first-order chi connectivity index (χ1) is 26.7. The second-order valence-corrected chi connectivity index (χ2v) is 23.4. The van der Waals surface area contributed by atoms with Gasteiger partial charge in [0.05, 0.1) is 28.1 Å². The predicted molar refractivity (Wildman–Crippen MR) is 224 cm³/mol. The highest BCUT2D eigenvalue weighted by molar-refractivity contribution is 7.13. The van der Waals surface area contributed by atoms with Gasteiger partial charge >= 0.3 is 11.9 Å². The lowest BCUT2D eigenvalue weighted by molar-refractivity contribution is -0.235. The molecule has 0 saturated heterocycles. The molecule has 3 N–H and O–H groups in total. The van der Waals surface area contributed by atoms with Crippen LogP contribution in [0.2, 0.25) is 0 Å². The van der Waals surface area contributed by atoms with E-state index in [2.05, 4.69) is 64.1 Å². The molecule has 10 nitrogen and oxygen atoms in total. The molecule has 5 fully saturated rings. The molecule has 1 aromatic rings. The monoisotopic (exact) mass is 819 g/mol. The number of carboxylic acids is 1. The lowest BCUT2D eigenvalue weighted by Gasteiger charge is -2.72. The Bertz CT molecular complexity index is 1980. The number of ether oxygens (including phenoxy) is 1. The zero-order chi connectivity index (χ0) is 42.9. The number of rotatable bonds is 8. The fraction of sp³-hybridized carbons (Fsp3) is 0.787. The summed E-state index contributed by atoms with van der Waals surface area (Å²) in [5.41, 5.74) is -0.295. The third-order valence-electron chi connectivity index (χ3n) is 17.9. The Morgan fingerprint density at radius 1 is 0.862 bits per heavy atom. The van der Waals surface area contributed by atoms with Crippen LogP contribution in [0, 0.1) is 76.4 Å². The number of aromatic nitrogens is 1. The summed E-state index contributed by atoms with van der Waals surface area (Å²) >= 11 is 1.32. The van der Waals surface area contributed by atoms with E-state index in [0.717, 1.165) is 61.1 Å². The highest BCUT2D eigenvalue weighted by Crippen LogP contribution is 2.76. The first kappa shape index (κ1) is 43.0. The average molecular weight is 820 g/mol. The highest BCUT2D eigenvalue weighted by Gasteiger charge is 2.71. The number of allylic oxidation sites excluding steroid dienone is 1. The van der Waals surface area contributed by atoms with Crippen molar-refractivity contribution in [2.45, 2.75) is 171 Å². The van der Waals surface area contributed by atoms with E-state index in [4.69, 9.17) is 4.74 Å². The second-order valence-electron chi connectivity index (χ2n) is 22.2. The van der Waals surface area contributed by atoms with Crippen molar-refractivity contribution in [1.82, 2.24) is 15.6 Å². The van der Waals surface area contributed by atoms with Crippen molar-refractivity contribution in [3.8, 4) is 0 Å². The molecule has 10 atom stereocenters. The number of carbonyl (C=O) groups is 5. The fourth-order valence-corrected chi connectivity index (χ4v) is 15.2. The molecule has 6 aliphatic carbocycles. The number of nitrogens with one attached hydrogen (secondary N) is 2. The maximum absolute atomic E-state index is 14.4. The fourth-order valence-electron chi connectivity index (χ4n) is 14.4. The number of hydrogen-bond donors (Lipinski definition) is 3. The van der Waals surface area contributed by atoms with Gasteiger partial charge in [0.1, 0.15) is 16.5 Å². The van der Waals surface area contributed by atoms with Gasteiger partial charge < -0.3 is 20.5 Å². The Labute approximate surface area is 349 Å². The van der Waals surface area contributed by atoms with E-state index >= 15 is 0 Å². The van der Waals surface area contributed by atoms with Crippen LogP contribution in [0.15, 0.2) is 11.1 Å². The zero-order valence-electron chi connectivity index (χ0n) is 37.4. The number of fused-ring (bicyclic) bond motifs is 7. The van der Waals surface area contributed by atoms with Gasteiger partial charge in [-0.05, 0) is 142 Å². The van der Waals surface area contributed by atoms with E-state index in [9.17, 15) is 29.1 Å². The van der Waals surface area contributed by atoms with Gasteiger partial charge in [0.2, 0.25) is 5.91 Å². The Morgan fingerprint density at radius 2 is 1.53 bits per heavy atom. The van der Waals surface area contributed by atoms with Crippen molar-refractivity contribution in [3.05, 3.63) is 26.7 Å². The van der Waals surface area contributed by atoms with E-state index in [1.807, 2.05) is 20.8 Å².